The molecular weight excluding hydrogens is 416 g/mol. The molecule has 1 aliphatic rings. The van der Waals surface area contributed by atoms with Gasteiger partial charge in [-0.2, -0.15) is 5.10 Å². The molecule has 1 N–H and O–H groups in total. The van der Waals surface area contributed by atoms with Gasteiger partial charge in [0.1, 0.15) is 0 Å². The van der Waals surface area contributed by atoms with Crippen LogP contribution in [0.2, 0.25) is 5.02 Å². The summed E-state index contributed by atoms with van der Waals surface area (Å²) in [6.07, 6.45) is 0.568. The Morgan fingerprint density at radius 3 is 2.68 bits per heavy atom. The average molecular weight is 439 g/mol. The fraction of sp³-hybridized carbons (Fsp3) is 0.261. The molecule has 31 heavy (non-hydrogen) atoms. The molecule has 1 aliphatic heterocycles. The quantitative estimate of drug-likeness (QED) is 0.604. The number of rotatable bonds is 4. The highest BCUT2D eigenvalue weighted by atomic mass is 35.5. The highest BCUT2D eigenvalue weighted by molar-refractivity contribution is 6.30. The lowest BCUT2D eigenvalue weighted by molar-refractivity contribution is 0.0516. The van der Waals surface area contributed by atoms with Crippen LogP contribution in [-0.4, -0.2) is 39.8 Å². The summed E-state index contributed by atoms with van der Waals surface area (Å²) in [5, 5.41) is 7.97. The van der Waals surface area contributed by atoms with Gasteiger partial charge < -0.3 is 15.0 Å². The zero-order valence-corrected chi connectivity index (χ0v) is 18.1. The van der Waals surface area contributed by atoms with Crippen molar-refractivity contribution in [2.75, 3.05) is 18.5 Å². The van der Waals surface area contributed by atoms with Crippen molar-refractivity contribution < 1.29 is 14.3 Å². The number of nitrogens with zero attached hydrogens (tertiary/aromatic N) is 3. The number of urea groups is 1. The Kier molecular flexibility index (Phi) is 5.95. The van der Waals surface area contributed by atoms with Gasteiger partial charge in [-0.05, 0) is 44.2 Å². The molecule has 8 heteroatoms. The number of nitrogens with one attached hydrogen (secondary N) is 1. The number of halogens is 1. The van der Waals surface area contributed by atoms with Gasteiger partial charge in [0.05, 0.1) is 24.5 Å². The molecule has 3 aromatic rings. The van der Waals surface area contributed by atoms with E-state index in [1.165, 1.54) is 0 Å². The Morgan fingerprint density at radius 2 is 1.97 bits per heavy atom. The highest BCUT2D eigenvalue weighted by Gasteiger charge is 2.31. The van der Waals surface area contributed by atoms with Gasteiger partial charge in [-0.25, -0.2) is 14.3 Å². The summed E-state index contributed by atoms with van der Waals surface area (Å²) in [4.78, 5) is 27.1. The molecule has 0 unspecified atom stereocenters. The zero-order valence-electron chi connectivity index (χ0n) is 17.4. The van der Waals surface area contributed by atoms with Crippen molar-refractivity contribution in [2.24, 2.45) is 0 Å². The van der Waals surface area contributed by atoms with Crippen LogP contribution in [0.4, 0.5) is 10.5 Å². The first kappa shape index (κ1) is 20.9. The number of anilines is 1. The van der Waals surface area contributed by atoms with Crippen LogP contribution in [0.1, 0.15) is 34.2 Å². The van der Waals surface area contributed by atoms with Crippen LogP contribution in [-0.2, 0) is 17.7 Å². The average Bonchev–Trinajstić information content (AvgIpc) is 3.13. The molecule has 1 aromatic heterocycles. The zero-order chi connectivity index (χ0) is 22.0. The second-order valence-corrected chi connectivity index (χ2v) is 7.79. The molecule has 0 saturated heterocycles. The number of hydrogen-bond acceptors (Lipinski definition) is 4. The van der Waals surface area contributed by atoms with Crippen molar-refractivity contribution in [3.63, 3.8) is 0 Å². The summed E-state index contributed by atoms with van der Waals surface area (Å²) in [5.41, 5.74) is 4.50. The van der Waals surface area contributed by atoms with E-state index in [9.17, 15) is 9.59 Å². The first-order valence-corrected chi connectivity index (χ1v) is 10.5. The fourth-order valence-corrected chi connectivity index (χ4v) is 3.81. The maximum absolute atomic E-state index is 12.8. The Morgan fingerprint density at radius 1 is 1.19 bits per heavy atom. The molecule has 4 rings (SSSR count). The Balaban J connectivity index is 1.64. The van der Waals surface area contributed by atoms with Crippen LogP contribution in [0, 0.1) is 6.92 Å². The number of fused-ring (bicyclic) bond motifs is 1. The standard InChI is InChI=1S/C23H23ClN4O3/c1-3-31-22(29)21-19-14-27(23(30)25-17-6-4-5-16(24)13-17)12-11-20(19)28(26-21)18-9-7-15(2)8-10-18/h4-10,13H,3,11-12,14H2,1-2H3,(H,25,30). The van der Waals surface area contributed by atoms with Crippen LogP contribution >= 0.6 is 11.6 Å². The molecular formula is C23H23ClN4O3. The van der Waals surface area contributed by atoms with E-state index >= 15 is 0 Å². The van der Waals surface area contributed by atoms with E-state index < -0.39 is 5.97 Å². The third kappa shape index (κ3) is 4.41. The van der Waals surface area contributed by atoms with E-state index in [4.69, 9.17) is 16.3 Å². The van der Waals surface area contributed by atoms with Crippen molar-refractivity contribution in [1.29, 1.82) is 0 Å². The second kappa shape index (κ2) is 8.81. The molecule has 0 saturated carbocycles. The normalized spacial score (nSPS) is 12.9. The van der Waals surface area contributed by atoms with Crippen LogP contribution in [0.25, 0.3) is 5.69 Å². The summed E-state index contributed by atoms with van der Waals surface area (Å²) in [6.45, 7) is 4.79. The molecule has 0 spiro atoms. The lowest BCUT2D eigenvalue weighted by atomic mass is 10.0. The van der Waals surface area contributed by atoms with Gasteiger partial charge in [0, 0.05) is 29.2 Å². The minimum atomic E-state index is -0.485. The van der Waals surface area contributed by atoms with Gasteiger partial charge >= 0.3 is 12.0 Å². The molecule has 0 atom stereocenters. The number of carbonyl (C=O) groups excluding carboxylic acids is 2. The molecule has 7 nitrogen and oxygen atoms in total. The smallest absolute Gasteiger partial charge is 0.359 e. The van der Waals surface area contributed by atoms with Crippen molar-refractivity contribution in [3.8, 4) is 5.69 Å². The predicted molar refractivity (Wildman–Crippen MR) is 119 cm³/mol. The SMILES string of the molecule is CCOC(=O)c1nn(-c2ccc(C)cc2)c2c1CN(C(=O)Nc1cccc(Cl)c1)CC2. The van der Waals surface area contributed by atoms with Gasteiger partial charge in [-0.1, -0.05) is 35.4 Å². The highest BCUT2D eigenvalue weighted by Crippen LogP contribution is 2.27. The van der Waals surface area contributed by atoms with Crippen molar-refractivity contribution >= 4 is 29.3 Å². The molecule has 2 heterocycles. The summed E-state index contributed by atoms with van der Waals surface area (Å²) in [5.74, 6) is -0.485. The summed E-state index contributed by atoms with van der Waals surface area (Å²) >= 11 is 6.01. The Bertz CT molecular complexity index is 1120. The molecule has 2 amide bonds. The van der Waals surface area contributed by atoms with Crippen molar-refractivity contribution in [1.82, 2.24) is 14.7 Å². The van der Waals surface area contributed by atoms with Crippen molar-refractivity contribution in [2.45, 2.75) is 26.8 Å². The maximum atomic E-state index is 12.8. The van der Waals surface area contributed by atoms with E-state index in [1.807, 2.05) is 31.2 Å². The fourth-order valence-electron chi connectivity index (χ4n) is 3.62. The number of esters is 1. The van der Waals surface area contributed by atoms with Gasteiger partial charge in [0.25, 0.3) is 0 Å². The molecule has 0 radical (unpaired) electrons. The molecule has 160 valence electrons. The third-order valence-electron chi connectivity index (χ3n) is 5.17. The Labute approximate surface area is 185 Å². The minimum absolute atomic E-state index is 0.248. The number of aryl methyl sites for hydroxylation is 1. The van der Waals surface area contributed by atoms with Gasteiger partial charge in [0.2, 0.25) is 0 Å². The predicted octanol–water partition coefficient (Wildman–Crippen LogP) is 4.60. The number of ether oxygens (including phenoxy) is 1. The van der Waals surface area contributed by atoms with Gasteiger partial charge in [-0.15, -0.1) is 0 Å². The maximum Gasteiger partial charge on any atom is 0.359 e. The van der Waals surface area contributed by atoms with Crippen molar-refractivity contribution in [3.05, 3.63) is 76.1 Å². The number of benzene rings is 2. The van der Waals surface area contributed by atoms with Gasteiger partial charge in [0.15, 0.2) is 5.69 Å². The van der Waals surface area contributed by atoms with E-state index in [0.29, 0.717) is 29.2 Å². The molecule has 2 aromatic carbocycles. The van der Waals surface area contributed by atoms with Crippen LogP contribution in [0.15, 0.2) is 48.5 Å². The monoisotopic (exact) mass is 438 g/mol. The van der Waals surface area contributed by atoms with Crippen LogP contribution in [0.5, 0.6) is 0 Å². The summed E-state index contributed by atoms with van der Waals surface area (Å²) in [6, 6.07) is 14.7. The number of carbonyl (C=O) groups is 2. The number of amides is 2. The molecule has 0 aliphatic carbocycles. The van der Waals surface area contributed by atoms with E-state index in [2.05, 4.69) is 10.4 Å². The number of aromatic nitrogens is 2. The van der Waals surface area contributed by atoms with E-state index in [-0.39, 0.29) is 24.9 Å². The Hall–Kier alpha value is -3.32. The van der Waals surface area contributed by atoms with Crippen LogP contribution in [0.3, 0.4) is 0 Å². The van der Waals surface area contributed by atoms with E-state index in [0.717, 1.165) is 16.9 Å². The summed E-state index contributed by atoms with van der Waals surface area (Å²) < 4.78 is 7.00. The first-order chi connectivity index (χ1) is 15.0. The third-order valence-corrected chi connectivity index (χ3v) is 5.40. The van der Waals surface area contributed by atoms with Crippen LogP contribution < -0.4 is 5.32 Å². The lowest BCUT2D eigenvalue weighted by Gasteiger charge is -2.28. The second-order valence-electron chi connectivity index (χ2n) is 7.35. The topological polar surface area (TPSA) is 76.5 Å². The van der Waals surface area contributed by atoms with Gasteiger partial charge in [-0.3, -0.25) is 0 Å². The summed E-state index contributed by atoms with van der Waals surface area (Å²) in [7, 11) is 0. The molecule has 0 fully saturated rings. The first-order valence-electron chi connectivity index (χ1n) is 10.1. The number of hydrogen-bond donors (Lipinski definition) is 1. The van der Waals surface area contributed by atoms with E-state index in [1.54, 1.807) is 40.8 Å². The minimum Gasteiger partial charge on any atom is -0.461 e. The lowest BCUT2D eigenvalue weighted by Crippen LogP contribution is -2.39. The molecule has 0 bridgehead atoms. The largest absolute Gasteiger partial charge is 0.461 e.